The summed E-state index contributed by atoms with van der Waals surface area (Å²) in [7, 11) is -3.27. The predicted molar refractivity (Wildman–Crippen MR) is 88.7 cm³/mol. The smallest absolute Gasteiger partial charge is 0.212 e. The first-order valence-corrected chi connectivity index (χ1v) is 9.13. The SMILES string of the molecule is CC(CS(=O)(=O)NCC(C)(C)CCCN)c1ccccc1. The van der Waals surface area contributed by atoms with Crippen LogP contribution in [0.3, 0.4) is 0 Å². The molecule has 4 nitrogen and oxygen atoms in total. The van der Waals surface area contributed by atoms with E-state index in [1.54, 1.807) is 0 Å². The van der Waals surface area contributed by atoms with E-state index < -0.39 is 10.0 Å². The second kappa shape index (κ2) is 7.92. The lowest BCUT2D eigenvalue weighted by Gasteiger charge is -2.25. The molecule has 0 amide bonds. The summed E-state index contributed by atoms with van der Waals surface area (Å²) in [5, 5.41) is 0. The lowest BCUT2D eigenvalue weighted by atomic mass is 9.88. The third kappa shape index (κ3) is 7.07. The molecule has 0 radical (unpaired) electrons. The quantitative estimate of drug-likeness (QED) is 0.736. The van der Waals surface area contributed by atoms with Crippen LogP contribution in [0.2, 0.25) is 0 Å². The largest absolute Gasteiger partial charge is 0.330 e. The Bertz CT molecular complexity index is 512. The summed E-state index contributed by atoms with van der Waals surface area (Å²) in [4.78, 5) is 0. The number of benzene rings is 1. The van der Waals surface area contributed by atoms with E-state index in [4.69, 9.17) is 5.73 Å². The first-order chi connectivity index (χ1) is 9.76. The van der Waals surface area contributed by atoms with Gasteiger partial charge in [0.25, 0.3) is 0 Å². The summed E-state index contributed by atoms with van der Waals surface area (Å²) in [6, 6.07) is 9.73. The van der Waals surface area contributed by atoms with Crippen molar-refractivity contribution in [2.24, 2.45) is 11.1 Å². The third-order valence-electron chi connectivity index (χ3n) is 3.67. The van der Waals surface area contributed by atoms with Crippen molar-refractivity contribution < 1.29 is 8.42 Å². The molecule has 3 N–H and O–H groups in total. The Hall–Kier alpha value is -0.910. The zero-order chi connectivity index (χ0) is 15.9. The third-order valence-corrected chi connectivity index (χ3v) is 5.19. The van der Waals surface area contributed by atoms with E-state index in [2.05, 4.69) is 18.6 Å². The van der Waals surface area contributed by atoms with Crippen molar-refractivity contribution in [2.45, 2.75) is 39.5 Å². The summed E-state index contributed by atoms with van der Waals surface area (Å²) >= 11 is 0. The second-order valence-electron chi connectivity index (χ2n) is 6.47. The molecular weight excluding hydrogens is 284 g/mol. The average molecular weight is 312 g/mol. The van der Waals surface area contributed by atoms with Crippen LogP contribution in [0.15, 0.2) is 30.3 Å². The minimum atomic E-state index is -3.27. The maximum atomic E-state index is 12.2. The van der Waals surface area contributed by atoms with Gasteiger partial charge in [0.15, 0.2) is 0 Å². The maximum absolute atomic E-state index is 12.2. The van der Waals surface area contributed by atoms with Crippen LogP contribution in [0, 0.1) is 5.41 Å². The highest BCUT2D eigenvalue weighted by molar-refractivity contribution is 7.89. The van der Waals surface area contributed by atoms with E-state index in [0.29, 0.717) is 13.1 Å². The van der Waals surface area contributed by atoms with E-state index in [1.165, 1.54) is 0 Å². The molecule has 1 aromatic carbocycles. The maximum Gasteiger partial charge on any atom is 0.212 e. The second-order valence-corrected chi connectivity index (χ2v) is 8.32. The van der Waals surface area contributed by atoms with Gasteiger partial charge >= 0.3 is 0 Å². The van der Waals surface area contributed by atoms with Crippen LogP contribution in [-0.4, -0.2) is 27.3 Å². The highest BCUT2D eigenvalue weighted by atomic mass is 32.2. The molecule has 1 aromatic rings. The van der Waals surface area contributed by atoms with Gasteiger partial charge in [-0.1, -0.05) is 51.1 Å². The Kier molecular flexibility index (Phi) is 6.84. The van der Waals surface area contributed by atoms with Crippen LogP contribution in [0.25, 0.3) is 0 Å². The van der Waals surface area contributed by atoms with E-state index in [9.17, 15) is 8.42 Å². The van der Waals surface area contributed by atoms with Gasteiger partial charge in [0, 0.05) is 6.54 Å². The molecule has 1 atom stereocenters. The topological polar surface area (TPSA) is 72.2 Å². The molecule has 21 heavy (non-hydrogen) atoms. The van der Waals surface area contributed by atoms with Crippen molar-refractivity contribution in [1.29, 1.82) is 0 Å². The Morgan fingerprint density at radius 2 is 1.86 bits per heavy atom. The van der Waals surface area contributed by atoms with Crippen molar-refractivity contribution in [3.8, 4) is 0 Å². The molecule has 0 aliphatic rings. The number of sulfonamides is 1. The van der Waals surface area contributed by atoms with Crippen LogP contribution in [0.1, 0.15) is 45.1 Å². The molecule has 0 heterocycles. The zero-order valence-corrected chi connectivity index (χ0v) is 14.1. The highest BCUT2D eigenvalue weighted by Gasteiger charge is 2.22. The van der Waals surface area contributed by atoms with Gasteiger partial charge in [-0.25, -0.2) is 13.1 Å². The molecule has 0 aliphatic carbocycles. The van der Waals surface area contributed by atoms with Crippen molar-refractivity contribution >= 4 is 10.0 Å². The summed E-state index contributed by atoms with van der Waals surface area (Å²) in [6.07, 6.45) is 1.83. The van der Waals surface area contributed by atoms with Gasteiger partial charge < -0.3 is 5.73 Å². The molecule has 120 valence electrons. The Morgan fingerprint density at radius 1 is 1.24 bits per heavy atom. The number of rotatable bonds is 9. The summed E-state index contributed by atoms with van der Waals surface area (Å²) in [6.45, 7) is 7.16. The first kappa shape index (κ1) is 18.1. The van der Waals surface area contributed by atoms with Gasteiger partial charge in [0.2, 0.25) is 10.0 Å². The number of nitrogens with two attached hydrogens (primary N) is 1. The summed E-state index contributed by atoms with van der Waals surface area (Å²) < 4.78 is 27.1. The normalized spacial score (nSPS) is 14.1. The molecule has 0 saturated heterocycles. The van der Waals surface area contributed by atoms with Gasteiger partial charge in [-0.15, -0.1) is 0 Å². The zero-order valence-electron chi connectivity index (χ0n) is 13.3. The van der Waals surface area contributed by atoms with Crippen molar-refractivity contribution in [3.05, 3.63) is 35.9 Å². The first-order valence-electron chi connectivity index (χ1n) is 7.48. The van der Waals surface area contributed by atoms with E-state index >= 15 is 0 Å². The molecule has 5 heteroatoms. The minimum absolute atomic E-state index is 0.0177. The van der Waals surface area contributed by atoms with Gasteiger partial charge in [-0.2, -0.15) is 0 Å². The molecule has 1 rings (SSSR count). The molecule has 0 aliphatic heterocycles. The Balaban J connectivity index is 2.54. The lowest BCUT2D eigenvalue weighted by Crippen LogP contribution is -2.36. The fourth-order valence-electron chi connectivity index (χ4n) is 2.24. The highest BCUT2D eigenvalue weighted by Crippen LogP contribution is 2.22. The van der Waals surface area contributed by atoms with Crippen molar-refractivity contribution in [2.75, 3.05) is 18.8 Å². The molecule has 0 bridgehead atoms. The standard InChI is InChI=1S/C16H28N2O2S/c1-14(15-8-5-4-6-9-15)12-21(19,20)18-13-16(2,3)10-7-11-17/h4-6,8-9,14,18H,7,10-13,17H2,1-3H3. The number of hydrogen-bond donors (Lipinski definition) is 2. The molecule has 0 fully saturated rings. The van der Waals surface area contributed by atoms with Crippen LogP contribution < -0.4 is 10.5 Å². The number of nitrogens with one attached hydrogen (secondary N) is 1. The summed E-state index contributed by atoms with van der Waals surface area (Å²) in [5.74, 6) is 0.0973. The van der Waals surface area contributed by atoms with Gasteiger partial charge in [0.05, 0.1) is 5.75 Å². The van der Waals surface area contributed by atoms with Crippen LogP contribution in [0.4, 0.5) is 0 Å². The van der Waals surface area contributed by atoms with E-state index in [0.717, 1.165) is 18.4 Å². The summed E-state index contributed by atoms with van der Waals surface area (Å²) in [5.41, 5.74) is 6.49. The number of hydrogen-bond acceptors (Lipinski definition) is 3. The Morgan fingerprint density at radius 3 is 2.43 bits per heavy atom. The van der Waals surface area contributed by atoms with Gasteiger partial charge in [0.1, 0.15) is 0 Å². The minimum Gasteiger partial charge on any atom is -0.330 e. The van der Waals surface area contributed by atoms with Crippen LogP contribution in [-0.2, 0) is 10.0 Å². The van der Waals surface area contributed by atoms with Crippen LogP contribution >= 0.6 is 0 Å². The van der Waals surface area contributed by atoms with E-state index in [1.807, 2.05) is 37.3 Å². The average Bonchev–Trinajstić information content (AvgIpc) is 2.44. The van der Waals surface area contributed by atoms with Gasteiger partial charge in [-0.05, 0) is 36.3 Å². The van der Waals surface area contributed by atoms with E-state index in [-0.39, 0.29) is 17.1 Å². The fourth-order valence-corrected chi connectivity index (χ4v) is 3.82. The lowest BCUT2D eigenvalue weighted by molar-refractivity contribution is 0.327. The monoisotopic (exact) mass is 312 g/mol. The van der Waals surface area contributed by atoms with Crippen molar-refractivity contribution in [3.63, 3.8) is 0 Å². The molecule has 1 unspecified atom stereocenters. The molecule has 0 saturated carbocycles. The molecule has 0 spiro atoms. The predicted octanol–water partition coefficient (Wildman–Crippen LogP) is 2.47. The fraction of sp³-hybridized carbons (Fsp3) is 0.625. The molecular formula is C16H28N2O2S. The molecule has 0 aromatic heterocycles. The van der Waals surface area contributed by atoms with Crippen LogP contribution in [0.5, 0.6) is 0 Å². The van der Waals surface area contributed by atoms with Gasteiger partial charge in [-0.3, -0.25) is 0 Å². The Labute approximate surface area is 129 Å². The van der Waals surface area contributed by atoms with Crippen molar-refractivity contribution in [1.82, 2.24) is 4.72 Å².